The van der Waals surface area contributed by atoms with Crippen LogP contribution in [-0.4, -0.2) is 42.2 Å². The van der Waals surface area contributed by atoms with Crippen LogP contribution < -0.4 is 10.0 Å². The fraction of sp³-hybridized carbons (Fsp3) is 0.769. The monoisotopic (exact) mass is 330 g/mol. The average molecular weight is 330 g/mol. The second-order valence-corrected chi connectivity index (χ2v) is 8.88. The molecule has 8 heteroatoms. The first-order chi connectivity index (χ1) is 10.1. The van der Waals surface area contributed by atoms with E-state index in [0.29, 0.717) is 40.7 Å². The molecule has 1 aromatic rings. The average Bonchev–Trinajstić information content (AvgIpc) is 2.97. The van der Waals surface area contributed by atoms with Gasteiger partial charge < -0.3 is 5.32 Å². The van der Waals surface area contributed by atoms with Crippen molar-refractivity contribution in [2.24, 2.45) is 0 Å². The van der Waals surface area contributed by atoms with E-state index >= 15 is 0 Å². The maximum absolute atomic E-state index is 12.5. The van der Waals surface area contributed by atoms with Gasteiger partial charge in [-0.1, -0.05) is 0 Å². The van der Waals surface area contributed by atoms with Crippen molar-refractivity contribution in [3.8, 4) is 0 Å². The number of H-pyrrole nitrogens is 1. The molecule has 1 atom stereocenters. The molecule has 2 fully saturated rings. The molecule has 6 nitrogen and oxygen atoms in total. The van der Waals surface area contributed by atoms with Crippen molar-refractivity contribution in [2.75, 3.05) is 12.3 Å². The minimum absolute atomic E-state index is 0.318. The van der Waals surface area contributed by atoms with Gasteiger partial charge in [-0.3, -0.25) is 5.10 Å². The van der Waals surface area contributed by atoms with Crippen molar-refractivity contribution >= 4 is 21.8 Å². The van der Waals surface area contributed by atoms with Crippen LogP contribution in [0.2, 0.25) is 0 Å². The number of hydrogen-bond acceptors (Lipinski definition) is 5. The van der Waals surface area contributed by atoms with Gasteiger partial charge in [0.15, 0.2) is 0 Å². The van der Waals surface area contributed by atoms with Crippen LogP contribution in [0.3, 0.4) is 0 Å². The number of aromatic amines is 1. The summed E-state index contributed by atoms with van der Waals surface area (Å²) in [6.45, 7) is 2.77. The third-order valence-electron chi connectivity index (χ3n) is 3.89. The van der Waals surface area contributed by atoms with E-state index in [0.717, 1.165) is 12.2 Å². The molecule has 0 bridgehead atoms. The van der Waals surface area contributed by atoms with Crippen molar-refractivity contribution in [3.63, 3.8) is 0 Å². The SMILES string of the molecule is Cc1[nH]nc(CNC2CC2)c1S(=O)(=O)NCC1CCCS1. The molecule has 1 saturated carbocycles. The summed E-state index contributed by atoms with van der Waals surface area (Å²) in [6.07, 6.45) is 4.61. The summed E-state index contributed by atoms with van der Waals surface area (Å²) >= 11 is 1.85. The highest BCUT2D eigenvalue weighted by Gasteiger charge is 2.27. The van der Waals surface area contributed by atoms with Crippen molar-refractivity contribution in [3.05, 3.63) is 11.4 Å². The van der Waals surface area contributed by atoms with Crippen LogP contribution in [0.4, 0.5) is 0 Å². The highest BCUT2D eigenvalue weighted by molar-refractivity contribution is 8.00. The molecular formula is C13H22N4O2S2. The molecule has 0 aromatic carbocycles. The Morgan fingerprint density at radius 3 is 2.86 bits per heavy atom. The minimum atomic E-state index is -3.49. The van der Waals surface area contributed by atoms with Gasteiger partial charge >= 0.3 is 0 Å². The summed E-state index contributed by atoms with van der Waals surface area (Å²) in [5.41, 5.74) is 1.19. The number of sulfonamides is 1. The third-order valence-corrected chi connectivity index (χ3v) is 6.91. The lowest BCUT2D eigenvalue weighted by molar-refractivity contribution is 0.575. The molecule has 1 unspecified atom stereocenters. The van der Waals surface area contributed by atoms with Gasteiger partial charge in [0.05, 0.1) is 11.4 Å². The van der Waals surface area contributed by atoms with Crippen LogP contribution in [0.1, 0.15) is 37.1 Å². The Hall–Kier alpha value is -0.570. The molecule has 21 heavy (non-hydrogen) atoms. The predicted octanol–water partition coefficient (Wildman–Crippen LogP) is 1.14. The number of aromatic nitrogens is 2. The summed E-state index contributed by atoms with van der Waals surface area (Å²) in [7, 11) is -3.49. The predicted molar refractivity (Wildman–Crippen MR) is 83.9 cm³/mol. The molecule has 1 saturated heterocycles. The topological polar surface area (TPSA) is 86.9 Å². The molecule has 118 valence electrons. The third kappa shape index (κ3) is 3.80. The Bertz CT molecular complexity index is 589. The van der Waals surface area contributed by atoms with Crippen molar-refractivity contribution in [2.45, 2.75) is 55.3 Å². The molecule has 1 aliphatic carbocycles. The molecule has 1 aromatic heterocycles. The number of hydrogen-bond donors (Lipinski definition) is 3. The quantitative estimate of drug-likeness (QED) is 0.698. The maximum Gasteiger partial charge on any atom is 0.244 e. The normalized spacial score (nSPS) is 22.8. The maximum atomic E-state index is 12.5. The van der Waals surface area contributed by atoms with Gasteiger partial charge in [-0.15, -0.1) is 0 Å². The van der Waals surface area contributed by atoms with E-state index in [2.05, 4.69) is 20.2 Å². The van der Waals surface area contributed by atoms with Gasteiger partial charge in [-0.05, 0) is 38.4 Å². The summed E-state index contributed by atoms with van der Waals surface area (Å²) < 4.78 is 27.8. The lowest BCUT2D eigenvalue weighted by atomic mass is 10.2. The number of rotatable bonds is 7. The van der Waals surface area contributed by atoms with Crippen molar-refractivity contribution in [1.82, 2.24) is 20.2 Å². The zero-order valence-electron chi connectivity index (χ0n) is 12.2. The Morgan fingerprint density at radius 2 is 2.19 bits per heavy atom. The fourth-order valence-electron chi connectivity index (χ4n) is 2.55. The minimum Gasteiger partial charge on any atom is -0.308 e. The first kappa shape index (κ1) is 15.3. The largest absolute Gasteiger partial charge is 0.308 e. The Kier molecular flexibility index (Phi) is 4.58. The first-order valence-corrected chi connectivity index (χ1v) is 9.98. The van der Waals surface area contributed by atoms with E-state index < -0.39 is 10.0 Å². The van der Waals surface area contributed by atoms with Gasteiger partial charge in [0.1, 0.15) is 4.90 Å². The molecule has 3 rings (SSSR count). The molecule has 0 amide bonds. The highest BCUT2D eigenvalue weighted by Crippen LogP contribution is 2.26. The van der Waals surface area contributed by atoms with Gasteiger partial charge in [0.2, 0.25) is 10.0 Å². The number of nitrogens with zero attached hydrogens (tertiary/aromatic N) is 1. The molecular weight excluding hydrogens is 308 g/mol. The summed E-state index contributed by atoms with van der Waals surface area (Å²) in [4.78, 5) is 0.318. The van der Waals surface area contributed by atoms with E-state index in [1.54, 1.807) is 6.92 Å². The molecule has 2 aliphatic rings. The molecule has 2 heterocycles. The van der Waals surface area contributed by atoms with Gasteiger partial charge in [0.25, 0.3) is 0 Å². The summed E-state index contributed by atoms with van der Waals surface area (Å²) in [6, 6.07) is 0.528. The van der Waals surface area contributed by atoms with Crippen LogP contribution in [-0.2, 0) is 16.6 Å². The van der Waals surface area contributed by atoms with Crippen LogP contribution in [0, 0.1) is 6.92 Å². The Labute approximate surface area is 129 Å². The van der Waals surface area contributed by atoms with Crippen LogP contribution in [0.25, 0.3) is 0 Å². The smallest absolute Gasteiger partial charge is 0.244 e. The second kappa shape index (κ2) is 6.28. The van der Waals surface area contributed by atoms with Crippen molar-refractivity contribution < 1.29 is 8.42 Å². The first-order valence-electron chi connectivity index (χ1n) is 7.45. The Balaban J connectivity index is 1.68. The summed E-state index contributed by atoms with van der Waals surface area (Å²) in [5.74, 6) is 1.13. The molecule has 1 aliphatic heterocycles. The molecule has 0 radical (unpaired) electrons. The number of thioether (sulfide) groups is 1. The van der Waals surface area contributed by atoms with E-state index in [4.69, 9.17) is 0 Å². The lowest BCUT2D eigenvalue weighted by Crippen LogP contribution is -2.31. The second-order valence-electron chi connectivity index (χ2n) is 5.77. The molecule has 3 N–H and O–H groups in total. The van der Waals surface area contributed by atoms with Crippen molar-refractivity contribution in [1.29, 1.82) is 0 Å². The van der Waals surface area contributed by atoms with E-state index in [-0.39, 0.29) is 0 Å². The zero-order valence-corrected chi connectivity index (χ0v) is 13.8. The van der Waals surface area contributed by atoms with E-state index in [1.807, 2.05) is 11.8 Å². The highest BCUT2D eigenvalue weighted by atomic mass is 32.2. The van der Waals surface area contributed by atoms with Gasteiger partial charge in [-0.2, -0.15) is 16.9 Å². The standard InChI is InChI=1S/C13H22N4O2S2/c1-9-13(12(17-16-9)8-14-10-4-5-10)21(18,19)15-7-11-3-2-6-20-11/h10-11,14-15H,2-8H2,1H3,(H,16,17). The van der Waals surface area contributed by atoms with Crippen LogP contribution >= 0.6 is 11.8 Å². The van der Waals surface area contributed by atoms with Gasteiger partial charge in [0, 0.05) is 24.4 Å². The van der Waals surface area contributed by atoms with Crippen LogP contribution in [0.15, 0.2) is 4.90 Å². The summed E-state index contributed by atoms with van der Waals surface area (Å²) in [5, 5.41) is 10.7. The van der Waals surface area contributed by atoms with E-state index in [1.165, 1.54) is 19.3 Å². The zero-order chi connectivity index (χ0) is 14.9. The van der Waals surface area contributed by atoms with E-state index in [9.17, 15) is 8.42 Å². The number of aryl methyl sites for hydroxylation is 1. The molecule has 0 spiro atoms. The fourth-order valence-corrected chi connectivity index (χ4v) is 5.30. The Morgan fingerprint density at radius 1 is 1.38 bits per heavy atom. The lowest BCUT2D eigenvalue weighted by Gasteiger charge is -2.11. The van der Waals surface area contributed by atoms with Gasteiger partial charge in [-0.25, -0.2) is 13.1 Å². The number of nitrogens with one attached hydrogen (secondary N) is 3. The van der Waals surface area contributed by atoms with Crippen LogP contribution in [0.5, 0.6) is 0 Å².